The largest absolute Gasteiger partial charge is 0.505 e. The van der Waals surface area contributed by atoms with Crippen LogP contribution in [-0.2, 0) is 0 Å². The molecule has 0 aliphatic rings. The molecule has 0 radical (unpaired) electrons. The molecule has 0 bridgehead atoms. The fourth-order valence-corrected chi connectivity index (χ4v) is 3.42. The minimum atomic E-state index is -0.616. The molecule has 0 unspecified atom stereocenters. The van der Waals surface area contributed by atoms with Crippen LogP contribution in [0.15, 0.2) is 97.1 Å². The first-order valence-electron chi connectivity index (χ1n) is 11.0. The summed E-state index contributed by atoms with van der Waals surface area (Å²) in [4.78, 5) is 38.6. The molecule has 0 saturated carbocycles. The minimum Gasteiger partial charge on any atom is -0.505 e. The summed E-state index contributed by atoms with van der Waals surface area (Å²) in [6, 6.07) is 26.4. The highest BCUT2D eigenvalue weighted by molar-refractivity contribution is 6.12. The maximum atomic E-state index is 13.0. The molecule has 4 aromatic rings. The molecule has 4 N–H and O–H groups in total. The lowest BCUT2D eigenvalue weighted by molar-refractivity contribution is 0.101. The summed E-state index contributed by atoms with van der Waals surface area (Å²) in [5, 5.41) is 18.9. The first-order valence-corrected chi connectivity index (χ1v) is 11.0. The zero-order chi connectivity index (χ0) is 25.5. The summed E-state index contributed by atoms with van der Waals surface area (Å²) in [6.45, 7) is 0. The molecular weight excluding hydrogens is 458 g/mol. The number of methoxy groups -OCH3 is 1. The number of phenolic OH excluding ortho intramolecular Hbond substituents is 1. The second-order valence-corrected chi connectivity index (χ2v) is 7.74. The van der Waals surface area contributed by atoms with Crippen molar-refractivity contribution in [2.45, 2.75) is 0 Å². The van der Waals surface area contributed by atoms with E-state index in [1.807, 2.05) is 0 Å². The number of hydrogen-bond donors (Lipinski definition) is 4. The van der Waals surface area contributed by atoms with Gasteiger partial charge in [-0.1, -0.05) is 36.4 Å². The molecule has 8 nitrogen and oxygen atoms in total. The third-order valence-electron chi connectivity index (χ3n) is 5.28. The second kappa shape index (κ2) is 10.9. The molecule has 0 aromatic heterocycles. The molecule has 0 aliphatic heterocycles. The van der Waals surface area contributed by atoms with E-state index in [2.05, 4.69) is 16.0 Å². The van der Waals surface area contributed by atoms with E-state index in [9.17, 15) is 19.5 Å². The quantitative estimate of drug-likeness (QED) is 0.215. The van der Waals surface area contributed by atoms with Gasteiger partial charge in [-0.25, -0.2) is 0 Å². The first kappa shape index (κ1) is 24.0. The number of para-hydroxylation sites is 1. The van der Waals surface area contributed by atoms with Gasteiger partial charge in [0, 0.05) is 22.5 Å². The van der Waals surface area contributed by atoms with E-state index in [0.717, 1.165) is 0 Å². The highest BCUT2D eigenvalue weighted by atomic mass is 16.5. The summed E-state index contributed by atoms with van der Waals surface area (Å²) < 4.78 is 5.11. The van der Waals surface area contributed by atoms with Crippen molar-refractivity contribution in [1.29, 1.82) is 0 Å². The zero-order valence-corrected chi connectivity index (χ0v) is 19.3. The van der Waals surface area contributed by atoms with Crippen LogP contribution in [0, 0.1) is 0 Å². The lowest BCUT2D eigenvalue weighted by atomic mass is 10.1. The van der Waals surface area contributed by atoms with Gasteiger partial charge in [-0.2, -0.15) is 0 Å². The molecule has 36 heavy (non-hydrogen) atoms. The third-order valence-corrected chi connectivity index (χ3v) is 5.28. The van der Waals surface area contributed by atoms with Crippen molar-refractivity contribution in [2.24, 2.45) is 0 Å². The Morgan fingerprint density at radius 3 is 1.83 bits per heavy atom. The maximum absolute atomic E-state index is 13.0. The molecule has 0 heterocycles. The van der Waals surface area contributed by atoms with Crippen molar-refractivity contribution < 1.29 is 24.2 Å². The summed E-state index contributed by atoms with van der Waals surface area (Å²) in [5.41, 5.74) is 1.28. The predicted octanol–water partition coefficient (Wildman–Crippen LogP) is 5.16. The number of aromatic hydroxyl groups is 1. The molecule has 0 atom stereocenters. The Bertz CT molecular complexity index is 1390. The Hall–Kier alpha value is -5.11. The number of nitrogens with one attached hydrogen (secondary N) is 3. The van der Waals surface area contributed by atoms with Crippen molar-refractivity contribution in [3.05, 3.63) is 114 Å². The second-order valence-electron chi connectivity index (χ2n) is 7.74. The van der Waals surface area contributed by atoms with Gasteiger partial charge in [0.25, 0.3) is 17.7 Å². The summed E-state index contributed by atoms with van der Waals surface area (Å²) >= 11 is 0. The summed E-state index contributed by atoms with van der Waals surface area (Å²) in [5.74, 6) is -1.41. The number of carbonyl (C=O) groups excluding carboxylic acids is 3. The van der Waals surface area contributed by atoms with Crippen LogP contribution >= 0.6 is 0 Å². The van der Waals surface area contributed by atoms with Gasteiger partial charge in [-0.3, -0.25) is 14.4 Å². The van der Waals surface area contributed by atoms with E-state index < -0.39 is 23.5 Å². The predicted molar refractivity (Wildman–Crippen MR) is 138 cm³/mol. The van der Waals surface area contributed by atoms with Crippen molar-refractivity contribution in [2.75, 3.05) is 23.1 Å². The number of carbonyl (C=O) groups is 3. The highest BCUT2D eigenvalue weighted by Crippen LogP contribution is 2.33. The number of amides is 3. The lowest BCUT2D eigenvalue weighted by Crippen LogP contribution is -2.17. The van der Waals surface area contributed by atoms with Crippen LogP contribution in [0.3, 0.4) is 0 Å². The lowest BCUT2D eigenvalue weighted by Gasteiger charge is -2.15. The average Bonchev–Trinajstić information content (AvgIpc) is 2.91. The van der Waals surface area contributed by atoms with Crippen molar-refractivity contribution in [3.63, 3.8) is 0 Å². The molecule has 4 aromatic carbocycles. The summed E-state index contributed by atoms with van der Waals surface area (Å²) in [7, 11) is 1.52. The Morgan fingerprint density at radius 1 is 0.639 bits per heavy atom. The number of rotatable bonds is 7. The standard InChI is InChI=1S/C28H23N3O5/c1-36-22-14-12-19(13-15-22)27(34)31-24-17-21(30-26(33)18-8-4-2-5-9-18)16-23(25(24)32)28(35)29-20-10-6-3-7-11-20/h2-17,32H,1H3,(H,29,35)(H,30,33)(H,31,34). The normalized spacial score (nSPS) is 10.2. The summed E-state index contributed by atoms with van der Waals surface area (Å²) in [6.07, 6.45) is 0. The van der Waals surface area contributed by atoms with Crippen molar-refractivity contribution >= 4 is 34.8 Å². The van der Waals surface area contributed by atoms with Gasteiger partial charge in [-0.05, 0) is 60.7 Å². The van der Waals surface area contributed by atoms with E-state index in [-0.39, 0.29) is 16.9 Å². The topological polar surface area (TPSA) is 117 Å². The Balaban J connectivity index is 1.66. The van der Waals surface area contributed by atoms with Gasteiger partial charge in [0.1, 0.15) is 5.75 Å². The van der Waals surface area contributed by atoms with Gasteiger partial charge >= 0.3 is 0 Å². The molecule has 3 amide bonds. The smallest absolute Gasteiger partial charge is 0.259 e. The van der Waals surface area contributed by atoms with Crippen LogP contribution in [0.4, 0.5) is 17.1 Å². The van der Waals surface area contributed by atoms with Crippen LogP contribution < -0.4 is 20.7 Å². The highest BCUT2D eigenvalue weighted by Gasteiger charge is 2.20. The van der Waals surface area contributed by atoms with Gasteiger partial charge in [-0.15, -0.1) is 0 Å². The van der Waals surface area contributed by atoms with Crippen LogP contribution in [0.25, 0.3) is 0 Å². The molecule has 0 spiro atoms. The number of anilines is 3. The maximum Gasteiger partial charge on any atom is 0.259 e. The van der Waals surface area contributed by atoms with E-state index in [0.29, 0.717) is 22.6 Å². The van der Waals surface area contributed by atoms with Gasteiger partial charge in [0.15, 0.2) is 5.75 Å². The Morgan fingerprint density at radius 2 is 1.19 bits per heavy atom. The molecule has 0 saturated heterocycles. The van der Waals surface area contributed by atoms with E-state index in [4.69, 9.17) is 4.74 Å². The zero-order valence-electron chi connectivity index (χ0n) is 19.3. The van der Waals surface area contributed by atoms with Crippen LogP contribution in [-0.4, -0.2) is 29.9 Å². The number of phenols is 1. The molecule has 4 rings (SSSR count). The molecule has 8 heteroatoms. The fraction of sp³-hybridized carbons (Fsp3) is 0.0357. The molecule has 0 aliphatic carbocycles. The van der Waals surface area contributed by atoms with E-state index >= 15 is 0 Å². The fourth-order valence-electron chi connectivity index (χ4n) is 3.42. The van der Waals surface area contributed by atoms with Gasteiger partial charge < -0.3 is 25.8 Å². The number of hydrogen-bond acceptors (Lipinski definition) is 5. The molecule has 0 fully saturated rings. The Kier molecular flexibility index (Phi) is 7.26. The van der Waals surface area contributed by atoms with Gasteiger partial charge in [0.05, 0.1) is 18.4 Å². The number of benzene rings is 4. The Labute approximate surface area is 207 Å². The molecular formula is C28H23N3O5. The van der Waals surface area contributed by atoms with E-state index in [1.54, 1.807) is 84.9 Å². The van der Waals surface area contributed by atoms with Crippen LogP contribution in [0.2, 0.25) is 0 Å². The monoisotopic (exact) mass is 481 g/mol. The molecule has 180 valence electrons. The minimum absolute atomic E-state index is 0.0418. The van der Waals surface area contributed by atoms with Gasteiger partial charge in [0.2, 0.25) is 0 Å². The van der Waals surface area contributed by atoms with Crippen LogP contribution in [0.5, 0.6) is 11.5 Å². The van der Waals surface area contributed by atoms with Crippen molar-refractivity contribution in [1.82, 2.24) is 0 Å². The van der Waals surface area contributed by atoms with Crippen LogP contribution in [0.1, 0.15) is 31.1 Å². The first-order chi connectivity index (χ1) is 17.4. The van der Waals surface area contributed by atoms with E-state index in [1.165, 1.54) is 19.2 Å². The SMILES string of the molecule is COc1ccc(C(=O)Nc2cc(NC(=O)c3ccccc3)cc(C(=O)Nc3ccccc3)c2O)cc1. The van der Waals surface area contributed by atoms with Crippen molar-refractivity contribution in [3.8, 4) is 11.5 Å². The number of ether oxygens (including phenoxy) is 1. The third kappa shape index (κ3) is 5.68. The average molecular weight is 482 g/mol.